The van der Waals surface area contributed by atoms with E-state index in [1.54, 1.807) is 18.5 Å². The van der Waals surface area contributed by atoms with Gasteiger partial charge in [0.05, 0.1) is 10.7 Å². The molecule has 4 rings (SSSR count). The van der Waals surface area contributed by atoms with Gasteiger partial charge in [-0.05, 0) is 49.6 Å². The molecule has 1 saturated heterocycles. The maximum atomic E-state index is 13.2. The Labute approximate surface area is 190 Å². The molecular weight excluding hydrogens is 459 g/mol. The fourth-order valence-corrected chi connectivity index (χ4v) is 6.17. The summed E-state index contributed by atoms with van der Waals surface area (Å²) in [4.78, 5) is 12.7. The quantitative estimate of drug-likeness (QED) is 0.569. The summed E-state index contributed by atoms with van der Waals surface area (Å²) in [5.41, 5.74) is 1.17. The molecule has 0 spiro atoms. The number of nitrogens with zero attached hydrogens (tertiary/aromatic N) is 4. The number of aromatic nitrogens is 3. The van der Waals surface area contributed by atoms with Crippen LogP contribution in [-0.2, 0) is 17.1 Å². The summed E-state index contributed by atoms with van der Waals surface area (Å²) >= 11 is 12.3. The molecule has 1 aliphatic heterocycles. The van der Waals surface area contributed by atoms with Crippen LogP contribution in [0.1, 0.15) is 30.1 Å². The van der Waals surface area contributed by atoms with Gasteiger partial charge in [0, 0.05) is 31.1 Å². The second-order valence-corrected chi connectivity index (χ2v) is 10.4. The molecule has 0 radical (unpaired) electrons. The molecule has 0 atom stereocenters. The number of sulfonamides is 1. The molecule has 1 fully saturated rings. The van der Waals surface area contributed by atoms with E-state index in [0.29, 0.717) is 42.3 Å². The predicted molar refractivity (Wildman–Crippen MR) is 121 cm³/mol. The third-order valence-corrected chi connectivity index (χ3v) is 8.38. The van der Waals surface area contributed by atoms with Crippen molar-refractivity contribution in [2.24, 2.45) is 7.05 Å². The summed E-state index contributed by atoms with van der Waals surface area (Å²) in [6.07, 6.45) is 1.10. The van der Waals surface area contributed by atoms with E-state index >= 15 is 0 Å². The molecule has 0 N–H and O–H groups in total. The fraction of sp³-hybridized carbons (Fsp3) is 0.333. The van der Waals surface area contributed by atoms with Crippen molar-refractivity contribution in [3.05, 3.63) is 74.4 Å². The molecular formula is C21H22Cl2N4O3S. The normalized spacial score (nSPS) is 16.0. The van der Waals surface area contributed by atoms with E-state index < -0.39 is 10.0 Å². The summed E-state index contributed by atoms with van der Waals surface area (Å²) < 4.78 is 30.7. The average molecular weight is 481 g/mol. The van der Waals surface area contributed by atoms with Gasteiger partial charge in [0.1, 0.15) is 10.7 Å². The highest BCUT2D eigenvalue weighted by molar-refractivity contribution is 7.89. The van der Waals surface area contributed by atoms with Gasteiger partial charge in [-0.2, -0.15) is 9.40 Å². The van der Waals surface area contributed by atoms with Gasteiger partial charge in [-0.25, -0.2) is 22.5 Å². The van der Waals surface area contributed by atoms with Gasteiger partial charge in [0.25, 0.3) is 0 Å². The highest BCUT2D eigenvalue weighted by Crippen LogP contribution is 2.34. The van der Waals surface area contributed by atoms with E-state index in [1.165, 1.54) is 21.1 Å². The van der Waals surface area contributed by atoms with Crippen LogP contribution in [0, 0.1) is 6.92 Å². The van der Waals surface area contributed by atoms with E-state index in [4.69, 9.17) is 23.2 Å². The molecule has 0 bridgehead atoms. The van der Waals surface area contributed by atoms with Crippen LogP contribution in [0.4, 0.5) is 0 Å². The van der Waals surface area contributed by atoms with Gasteiger partial charge >= 0.3 is 5.69 Å². The van der Waals surface area contributed by atoms with Crippen LogP contribution in [0.5, 0.6) is 0 Å². The minimum absolute atomic E-state index is 0.0389. The lowest BCUT2D eigenvalue weighted by Gasteiger charge is -2.31. The SMILES string of the molecule is Cc1cc(S(=O)(=O)N2CCC(c3nn(C)c(=O)n3-c3ccccc3)CC2)c(Cl)cc1Cl. The lowest BCUT2D eigenvalue weighted by atomic mass is 9.97. The number of hydrogen-bond acceptors (Lipinski definition) is 4. The molecule has 0 saturated carbocycles. The van der Waals surface area contributed by atoms with Crippen LogP contribution >= 0.6 is 23.2 Å². The van der Waals surface area contributed by atoms with E-state index in [9.17, 15) is 13.2 Å². The molecule has 0 unspecified atom stereocenters. The first-order valence-electron chi connectivity index (χ1n) is 9.87. The third-order valence-electron chi connectivity index (χ3n) is 5.61. The number of piperidine rings is 1. The first-order chi connectivity index (χ1) is 14.7. The van der Waals surface area contributed by atoms with E-state index in [0.717, 1.165) is 5.69 Å². The zero-order chi connectivity index (χ0) is 22.3. The van der Waals surface area contributed by atoms with Crippen LogP contribution in [0.15, 0.2) is 52.2 Å². The lowest BCUT2D eigenvalue weighted by Crippen LogP contribution is -2.38. The smallest absolute Gasteiger partial charge is 0.247 e. The second kappa shape index (κ2) is 8.43. The summed E-state index contributed by atoms with van der Waals surface area (Å²) in [6.45, 7) is 2.36. The van der Waals surface area contributed by atoms with Gasteiger partial charge in [-0.15, -0.1) is 0 Å². The number of hydrogen-bond donors (Lipinski definition) is 0. The van der Waals surface area contributed by atoms with Crippen LogP contribution < -0.4 is 5.69 Å². The number of benzene rings is 2. The second-order valence-electron chi connectivity index (χ2n) is 7.65. The van der Waals surface area contributed by atoms with Crippen molar-refractivity contribution in [3.8, 4) is 5.69 Å². The molecule has 0 amide bonds. The van der Waals surface area contributed by atoms with Crippen molar-refractivity contribution in [2.45, 2.75) is 30.6 Å². The zero-order valence-electron chi connectivity index (χ0n) is 17.1. The van der Waals surface area contributed by atoms with Crippen LogP contribution in [0.2, 0.25) is 10.0 Å². The van der Waals surface area contributed by atoms with Crippen molar-refractivity contribution in [2.75, 3.05) is 13.1 Å². The van der Waals surface area contributed by atoms with E-state index in [1.807, 2.05) is 30.3 Å². The Morgan fingerprint density at radius 3 is 2.32 bits per heavy atom. The summed E-state index contributed by atoms with van der Waals surface area (Å²) in [6, 6.07) is 12.3. The Morgan fingerprint density at radius 1 is 1.03 bits per heavy atom. The Morgan fingerprint density at radius 2 is 1.68 bits per heavy atom. The van der Waals surface area contributed by atoms with Crippen LogP contribution in [-0.4, -0.2) is 40.2 Å². The molecule has 1 aliphatic rings. The van der Waals surface area contributed by atoms with Crippen molar-refractivity contribution in [1.29, 1.82) is 0 Å². The van der Waals surface area contributed by atoms with Gasteiger partial charge in [0.2, 0.25) is 10.0 Å². The molecule has 31 heavy (non-hydrogen) atoms. The van der Waals surface area contributed by atoms with Crippen LogP contribution in [0.3, 0.4) is 0 Å². The summed E-state index contributed by atoms with van der Waals surface area (Å²) in [5, 5.41) is 4.99. The number of aryl methyl sites for hydroxylation is 2. The standard InChI is InChI=1S/C21H22Cl2N4O3S/c1-14-12-19(18(23)13-17(14)22)31(29,30)26-10-8-15(9-11-26)20-24-25(2)21(28)27(20)16-6-4-3-5-7-16/h3-7,12-13,15H,8-11H2,1-2H3. The lowest BCUT2D eigenvalue weighted by molar-refractivity contribution is 0.311. The predicted octanol–water partition coefficient (Wildman–Crippen LogP) is 3.75. The van der Waals surface area contributed by atoms with Gasteiger partial charge < -0.3 is 0 Å². The number of halogens is 2. The fourth-order valence-electron chi connectivity index (χ4n) is 3.89. The Kier molecular flexibility index (Phi) is 6.00. The van der Waals surface area contributed by atoms with Gasteiger partial charge in [-0.3, -0.25) is 0 Å². The highest BCUT2D eigenvalue weighted by Gasteiger charge is 2.34. The van der Waals surface area contributed by atoms with Crippen molar-refractivity contribution in [1.82, 2.24) is 18.7 Å². The van der Waals surface area contributed by atoms with Crippen LogP contribution in [0.25, 0.3) is 5.69 Å². The molecule has 3 aromatic rings. The first-order valence-corrected chi connectivity index (χ1v) is 12.1. The average Bonchev–Trinajstić information content (AvgIpc) is 3.05. The molecule has 1 aromatic heterocycles. The maximum Gasteiger partial charge on any atom is 0.350 e. The highest BCUT2D eigenvalue weighted by atomic mass is 35.5. The van der Waals surface area contributed by atoms with Crippen molar-refractivity contribution in [3.63, 3.8) is 0 Å². The molecule has 164 valence electrons. The number of para-hydroxylation sites is 1. The molecule has 2 heterocycles. The molecule has 7 nitrogen and oxygen atoms in total. The Balaban J connectivity index is 1.60. The monoisotopic (exact) mass is 480 g/mol. The minimum Gasteiger partial charge on any atom is -0.247 e. The minimum atomic E-state index is -3.75. The topological polar surface area (TPSA) is 77.2 Å². The summed E-state index contributed by atoms with van der Waals surface area (Å²) in [5.74, 6) is 0.610. The van der Waals surface area contributed by atoms with Gasteiger partial charge in [-0.1, -0.05) is 41.4 Å². The molecule has 10 heteroatoms. The first kappa shape index (κ1) is 22.1. The largest absolute Gasteiger partial charge is 0.350 e. The summed E-state index contributed by atoms with van der Waals surface area (Å²) in [7, 11) is -2.13. The van der Waals surface area contributed by atoms with E-state index in [2.05, 4.69) is 5.10 Å². The molecule has 2 aromatic carbocycles. The number of rotatable bonds is 4. The van der Waals surface area contributed by atoms with E-state index in [-0.39, 0.29) is 21.5 Å². The van der Waals surface area contributed by atoms with Crippen molar-refractivity contribution >= 4 is 33.2 Å². The molecule has 0 aliphatic carbocycles. The maximum absolute atomic E-state index is 13.2. The van der Waals surface area contributed by atoms with Crippen molar-refractivity contribution < 1.29 is 8.42 Å². The van der Waals surface area contributed by atoms with Gasteiger partial charge in [0.15, 0.2) is 0 Å². The third kappa shape index (κ3) is 4.05. The zero-order valence-corrected chi connectivity index (χ0v) is 19.5. The Bertz CT molecular complexity index is 1280. The Hall–Kier alpha value is -2.13.